The number of hydrogen-bond donors (Lipinski definition) is 1. The van der Waals surface area contributed by atoms with E-state index in [1.54, 1.807) is 0 Å². The van der Waals surface area contributed by atoms with Crippen molar-refractivity contribution in [1.29, 1.82) is 0 Å². The van der Waals surface area contributed by atoms with Gasteiger partial charge < -0.3 is 5.11 Å². The second kappa shape index (κ2) is 6.28. The lowest BCUT2D eigenvalue weighted by molar-refractivity contribution is -0.148. The molecule has 122 valence electrons. The molecule has 0 bridgehead atoms. The summed E-state index contributed by atoms with van der Waals surface area (Å²) in [6.07, 6.45) is 5.46. The van der Waals surface area contributed by atoms with Crippen LogP contribution < -0.4 is 0 Å². The molecule has 1 aliphatic heterocycles. The summed E-state index contributed by atoms with van der Waals surface area (Å²) in [5, 5.41) is 9.65. The summed E-state index contributed by atoms with van der Waals surface area (Å²) in [6, 6.07) is 0.769. The Bertz CT molecular complexity index is 374. The highest BCUT2D eigenvalue weighted by Gasteiger charge is 2.43. The fourth-order valence-corrected chi connectivity index (χ4v) is 4.37. The predicted molar refractivity (Wildman–Crippen MR) is 86.3 cm³/mol. The quantitative estimate of drug-likeness (QED) is 0.836. The smallest absolute Gasteiger partial charge is 0.308 e. The monoisotopic (exact) mass is 295 g/mol. The van der Waals surface area contributed by atoms with E-state index in [1.165, 1.54) is 12.8 Å². The maximum atomic E-state index is 11.7. The van der Waals surface area contributed by atoms with E-state index in [0.29, 0.717) is 17.9 Å². The first kappa shape index (κ1) is 16.8. The van der Waals surface area contributed by atoms with Crippen molar-refractivity contribution >= 4 is 5.97 Å². The molecule has 0 amide bonds. The van der Waals surface area contributed by atoms with Gasteiger partial charge in [-0.05, 0) is 56.3 Å². The Labute approximate surface area is 130 Å². The van der Waals surface area contributed by atoms with Crippen molar-refractivity contribution < 1.29 is 9.90 Å². The molecule has 1 heterocycles. The van der Waals surface area contributed by atoms with Crippen LogP contribution >= 0.6 is 0 Å². The zero-order valence-electron chi connectivity index (χ0n) is 14.4. The van der Waals surface area contributed by atoms with Crippen LogP contribution in [0, 0.1) is 23.2 Å². The lowest BCUT2D eigenvalue weighted by Gasteiger charge is -2.49. The topological polar surface area (TPSA) is 40.5 Å². The second-order valence-electron chi connectivity index (χ2n) is 8.62. The number of aliphatic carboxylic acids is 1. The largest absolute Gasteiger partial charge is 0.481 e. The Morgan fingerprint density at radius 3 is 2.33 bits per heavy atom. The molecule has 0 aromatic heterocycles. The molecule has 1 saturated heterocycles. The molecule has 0 spiro atoms. The zero-order chi connectivity index (χ0) is 15.8. The van der Waals surface area contributed by atoms with Gasteiger partial charge in [0.15, 0.2) is 0 Å². The minimum Gasteiger partial charge on any atom is -0.481 e. The van der Waals surface area contributed by atoms with E-state index in [4.69, 9.17) is 0 Å². The number of nitrogens with zero attached hydrogens (tertiary/aromatic N) is 1. The van der Waals surface area contributed by atoms with Crippen molar-refractivity contribution in [3.05, 3.63) is 0 Å². The van der Waals surface area contributed by atoms with Crippen molar-refractivity contribution in [2.45, 2.75) is 78.8 Å². The van der Waals surface area contributed by atoms with Gasteiger partial charge in [-0.15, -0.1) is 0 Å². The van der Waals surface area contributed by atoms with E-state index in [9.17, 15) is 9.90 Å². The van der Waals surface area contributed by atoms with Crippen LogP contribution in [0.3, 0.4) is 0 Å². The Balaban J connectivity index is 2.19. The number of hydrogen-bond acceptors (Lipinski definition) is 2. The average Bonchev–Trinajstić information content (AvgIpc) is 2.39. The van der Waals surface area contributed by atoms with Gasteiger partial charge in [-0.25, -0.2) is 0 Å². The molecule has 1 aliphatic carbocycles. The fourth-order valence-electron chi connectivity index (χ4n) is 4.37. The number of carboxylic acids is 1. The first-order valence-corrected chi connectivity index (χ1v) is 8.68. The molecule has 1 saturated carbocycles. The number of piperidine rings is 1. The van der Waals surface area contributed by atoms with Gasteiger partial charge in [0.1, 0.15) is 0 Å². The van der Waals surface area contributed by atoms with Crippen LogP contribution in [0.15, 0.2) is 0 Å². The SMILES string of the molecule is CC1CCC(C)N(C2CC(C(C)(C)C)CCC2C(=O)O)C1. The fraction of sp³-hybridized carbons (Fsp3) is 0.944. The Hall–Kier alpha value is -0.570. The van der Waals surface area contributed by atoms with Crippen molar-refractivity contribution in [3.63, 3.8) is 0 Å². The van der Waals surface area contributed by atoms with E-state index in [-0.39, 0.29) is 17.4 Å². The summed E-state index contributed by atoms with van der Waals surface area (Å²) in [4.78, 5) is 14.3. The van der Waals surface area contributed by atoms with Crippen molar-refractivity contribution in [2.75, 3.05) is 6.54 Å². The van der Waals surface area contributed by atoms with Crippen LogP contribution in [0.5, 0.6) is 0 Å². The Morgan fingerprint density at radius 2 is 1.76 bits per heavy atom. The lowest BCUT2D eigenvalue weighted by atomic mass is 9.67. The zero-order valence-corrected chi connectivity index (χ0v) is 14.4. The molecule has 0 aromatic carbocycles. The highest BCUT2D eigenvalue weighted by atomic mass is 16.4. The number of carbonyl (C=O) groups is 1. The first-order valence-electron chi connectivity index (χ1n) is 8.68. The summed E-state index contributed by atoms with van der Waals surface area (Å²) in [7, 11) is 0. The molecule has 2 aliphatic rings. The molecule has 21 heavy (non-hydrogen) atoms. The molecule has 0 aromatic rings. The van der Waals surface area contributed by atoms with Crippen LogP contribution in [0.4, 0.5) is 0 Å². The van der Waals surface area contributed by atoms with Crippen LogP contribution in [0.2, 0.25) is 0 Å². The third kappa shape index (κ3) is 3.80. The molecule has 1 N–H and O–H groups in total. The highest BCUT2D eigenvalue weighted by Crippen LogP contribution is 2.43. The van der Waals surface area contributed by atoms with E-state index in [0.717, 1.165) is 25.8 Å². The van der Waals surface area contributed by atoms with E-state index < -0.39 is 5.97 Å². The van der Waals surface area contributed by atoms with Gasteiger partial charge in [0.2, 0.25) is 0 Å². The molecular formula is C18H33NO2. The van der Waals surface area contributed by atoms with Crippen molar-refractivity contribution in [1.82, 2.24) is 4.90 Å². The minimum atomic E-state index is -0.585. The van der Waals surface area contributed by atoms with Gasteiger partial charge >= 0.3 is 5.97 Å². The number of carboxylic acid groups (broad SMARTS) is 1. The first-order chi connectivity index (χ1) is 9.70. The molecule has 3 nitrogen and oxygen atoms in total. The maximum absolute atomic E-state index is 11.7. The Kier molecular flexibility index (Phi) is 5.02. The standard InChI is InChI=1S/C18H33NO2/c1-12-6-7-13(2)19(11-12)16-10-14(18(3,4)5)8-9-15(16)17(20)21/h12-16H,6-11H2,1-5H3,(H,20,21). The van der Waals surface area contributed by atoms with Crippen LogP contribution in [-0.2, 0) is 4.79 Å². The van der Waals surface area contributed by atoms with Crippen LogP contribution in [-0.4, -0.2) is 34.6 Å². The van der Waals surface area contributed by atoms with Gasteiger partial charge in [0, 0.05) is 18.6 Å². The maximum Gasteiger partial charge on any atom is 0.308 e. The normalized spacial score (nSPS) is 39.2. The van der Waals surface area contributed by atoms with Crippen molar-refractivity contribution in [2.24, 2.45) is 23.2 Å². The third-order valence-corrected chi connectivity index (χ3v) is 5.95. The van der Waals surface area contributed by atoms with Gasteiger partial charge in [0.05, 0.1) is 5.92 Å². The Morgan fingerprint density at radius 1 is 1.10 bits per heavy atom. The molecular weight excluding hydrogens is 262 g/mol. The molecule has 2 fully saturated rings. The van der Waals surface area contributed by atoms with E-state index in [2.05, 4.69) is 39.5 Å². The summed E-state index contributed by atoms with van der Waals surface area (Å²) in [6.45, 7) is 12.6. The average molecular weight is 295 g/mol. The molecule has 2 rings (SSSR count). The van der Waals surface area contributed by atoms with Gasteiger partial charge in [-0.2, -0.15) is 0 Å². The van der Waals surface area contributed by atoms with Crippen molar-refractivity contribution in [3.8, 4) is 0 Å². The molecule has 3 heteroatoms. The summed E-state index contributed by atoms with van der Waals surface area (Å²) >= 11 is 0. The summed E-state index contributed by atoms with van der Waals surface area (Å²) in [5.41, 5.74) is 0.284. The predicted octanol–water partition coefficient (Wildman–Crippen LogP) is 4.02. The second-order valence-corrected chi connectivity index (χ2v) is 8.62. The van der Waals surface area contributed by atoms with E-state index in [1.807, 2.05) is 0 Å². The molecule has 0 radical (unpaired) electrons. The summed E-state index contributed by atoms with van der Waals surface area (Å²) < 4.78 is 0. The van der Waals surface area contributed by atoms with Gasteiger partial charge in [0.25, 0.3) is 0 Å². The number of rotatable bonds is 2. The van der Waals surface area contributed by atoms with E-state index >= 15 is 0 Å². The third-order valence-electron chi connectivity index (χ3n) is 5.95. The molecule has 5 unspecified atom stereocenters. The van der Waals surface area contributed by atoms with Crippen LogP contribution in [0.1, 0.15) is 66.7 Å². The number of likely N-dealkylation sites (tertiary alicyclic amines) is 1. The van der Waals surface area contributed by atoms with Gasteiger partial charge in [-0.3, -0.25) is 9.69 Å². The summed E-state index contributed by atoms with van der Waals surface area (Å²) in [5.74, 6) is 0.585. The minimum absolute atomic E-state index is 0.170. The highest BCUT2D eigenvalue weighted by molar-refractivity contribution is 5.71. The van der Waals surface area contributed by atoms with Crippen LogP contribution in [0.25, 0.3) is 0 Å². The lowest BCUT2D eigenvalue weighted by Crippen LogP contribution is -2.54. The van der Waals surface area contributed by atoms with Gasteiger partial charge in [-0.1, -0.05) is 27.7 Å². The molecule has 5 atom stereocenters.